The number of benzene rings is 2. The van der Waals surface area contributed by atoms with Gasteiger partial charge < -0.3 is 14.9 Å². The molecule has 5 fully saturated rings. The number of hydrogen-bond donors (Lipinski definition) is 1. The van der Waals surface area contributed by atoms with Gasteiger partial charge in [-0.3, -0.25) is 9.69 Å². The van der Waals surface area contributed by atoms with E-state index in [4.69, 9.17) is 0 Å². The predicted molar refractivity (Wildman–Crippen MR) is 161 cm³/mol. The van der Waals surface area contributed by atoms with Gasteiger partial charge >= 0.3 is 0 Å². The third kappa shape index (κ3) is 5.49. The molecule has 0 radical (unpaired) electrons. The summed E-state index contributed by atoms with van der Waals surface area (Å²) in [7, 11) is 1.93. The maximum absolute atomic E-state index is 14.9. The highest BCUT2D eigenvalue weighted by molar-refractivity contribution is 5.92. The van der Waals surface area contributed by atoms with Gasteiger partial charge in [-0.05, 0) is 103 Å². The van der Waals surface area contributed by atoms with Gasteiger partial charge in [0, 0.05) is 51.9 Å². The quantitative estimate of drug-likeness (QED) is 0.400. The zero-order chi connectivity index (χ0) is 28.8. The first-order chi connectivity index (χ1) is 20.3. The normalized spacial score (nSPS) is 26.9. The summed E-state index contributed by atoms with van der Waals surface area (Å²) in [6.07, 6.45) is 8.08. The molecule has 2 aromatic carbocycles. The molecule has 1 amide bonds. The van der Waals surface area contributed by atoms with Gasteiger partial charge in [0.15, 0.2) is 11.5 Å². The molecule has 7 nitrogen and oxygen atoms in total. The van der Waals surface area contributed by atoms with Gasteiger partial charge in [-0.1, -0.05) is 24.3 Å². The van der Waals surface area contributed by atoms with Crippen LogP contribution < -0.4 is 4.90 Å². The minimum Gasteiger partial charge on any atom is -0.508 e. The summed E-state index contributed by atoms with van der Waals surface area (Å²) in [6, 6.07) is 15.7. The van der Waals surface area contributed by atoms with E-state index in [1.165, 1.54) is 38.5 Å². The highest BCUT2D eigenvalue weighted by atomic mass is 19.1. The van der Waals surface area contributed by atoms with Crippen LogP contribution in [0.2, 0.25) is 0 Å². The minimum atomic E-state index is -0.287. The maximum Gasteiger partial charge on any atom is 0.274 e. The third-order valence-corrected chi connectivity index (χ3v) is 10.2. The molecule has 0 spiro atoms. The van der Waals surface area contributed by atoms with Crippen LogP contribution >= 0.6 is 0 Å². The van der Waals surface area contributed by atoms with Crippen LogP contribution in [-0.4, -0.2) is 70.8 Å². The van der Waals surface area contributed by atoms with Crippen LogP contribution in [0.5, 0.6) is 5.75 Å². The van der Waals surface area contributed by atoms with Crippen molar-refractivity contribution < 1.29 is 14.3 Å². The van der Waals surface area contributed by atoms with Gasteiger partial charge in [0.05, 0.1) is 0 Å². The number of carbonyl (C=O) groups excluding carboxylic acids is 1. The van der Waals surface area contributed by atoms with Crippen LogP contribution in [0.15, 0.2) is 54.6 Å². The molecule has 4 bridgehead atoms. The molecule has 8 heteroatoms. The number of rotatable bonds is 7. The first-order valence-electron chi connectivity index (χ1n) is 15.5. The number of amides is 1. The topological polar surface area (TPSA) is 72.8 Å². The Hall–Kier alpha value is -3.52. The summed E-state index contributed by atoms with van der Waals surface area (Å²) < 4.78 is 14.9. The summed E-state index contributed by atoms with van der Waals surface area (Å²) in [5, 5.41) is 18.5. The summed E-state index contributed by atoms with van der Waals surface area (Å²) in [4.78, 5) is 19.7. The molecule has 1 aliphatic heterocycles. The van der Waals surface area contributed by atoms with Crippen LogP contribution in [-0.2, 0) is 6.54 Å². The highest BCUT2D eigenvalue weighted by Gasteiger charge is 2.51. The fraction of sp³-hybridized carbons (Fsp3) is 0.500. The van der Waals surface area contributed by atoms with Crippen molar-refractivity contribution in [3.8, 4) is 16.9 Å². The second-order valence-corrected chi connectivity index (χ2v) is 13.5. The number of anilines is 1. The molecule has 1 saturated heterocycles. The van der Waals surface area contributed by atoms with Crippen molar-refractivity contribution in [2.24, 2.45) is 23.2 Å². The fourth-order valence-corrected chi connectivity index (χ4v) is 8.82. The number of nitrogens with zero attached hydrogens (tertiary/aromatic N) is 5. The molecule has 4 saturated carbocycles. The first-order valence-corrected chi connectivity index (χ1v) is 15.5. The van der Waals surface area contributed by atoms with E-state index < -0.39 is 0 Å². The Morgan fingerprint density at radius 1 is 0.952 bits per heavy atom. The van der Waals surface area contributed by atoms with Gasteiger partial charge in [0.2, 0.25) is 0 Å². The molecule has 220 valence electrons. The van der Waals surface area contributed by atoms with Crippen molar-refractivity contribution in [1.82, 2.24) is 20.0 Å². The van der Waals surface area contributed by atoms with E-state index >= 15 is 0 Å². The number of piperazine rings is 1. The van der Waals surface area contributed by atoms with Gasteiger partial charge in [-0.2, -0.15) is 0 Å². The molecule has 2 heterocycles. The second kappa shape index (κ2) is 11.0. The number of phenols is 1. The summed E-state index contributed by atoms with van der Waals surface area (Å²) >= 11 is 0. The number of phenolic OH excluding ortho intramolecular Hbond substituents is 1. The largest absolute Gasteiger partial charge is 0.508 e. The SMILES string of the molecule is CN(CC12CC3CC(CC(C3)C1)C2)C(=O)c1ccc(N2CCN(Cc3ccc(-c4cccc(O)c4)c(F)c3)CC2)nn1. The monoisotopic (exact) mass is 569 g/mol. The molecule has 0 atom stereocenters. The van der Waals surface area contributed by atoms with Crippen molar-refractivity contribution in [3.63, 3.8) is 0 Å². The Labute approximate surface area is 247 Å². The lowest BCUT2D eigenvalue weighted by Crippen LogP contribution is -2.51. The molecular formula is C34H40FN5O2. The Morgan fingerprint density at radius 3 is 2.29 bits per heavy atom. The number of aromatic nitrogens is 2. The lowest BCUT2D eigenvalue weighted by atomic mass is 9.49. The van der Waals surface area contributed by atoms with E-state index in [2.05, 4.69) is 20.0 Å². The Morgan fingerprint density at radius 2 is 1.67 bits per heavy atom. The summed E-state index contributed by atoms with van der Waals surface area (Å²) in [6.45, 7) is 4.73. The average Bonchev–Trinajstić information content (AvgIpc) is 2.96. The second-order valence-electron chi connectivity index (χ2n) is 13.5. The van der Waals surface area contributed by atoms with E-state index in [9.17, 15) is 14.3 Å². The lowest BCUT2D eigenvalue weighted by molar-refractivity contribution is -0.0629. The van der Waals surface area contributed by atoms with Crippen molar-refractivity contribution in [2.45, 2.75) is 45.1 Å². The number of carbonyl (C=O) groups is 1. The van der Waals surface area contributed by atoms with E-state index in [0.29, 0.717) is 28.8 Å². The standard InChI is InChI=1S/C34H40FN5O2/c1-38(22-34-18-24-13-25(19-34)15-26(14-24)20-34)33(42)31-7-8-32(37-36-31)40-11-9-39(10-12-40)21-23-5-6-29(30(35)16-23)27-3-2-4-28(41)17-27/h2-8,16-17,24-26,41H,9-15,18-22H2,1H3. The molecule has 1 aromatic heterocycles. The predicted octanol–water partition coefficient (Wildman–Crippen LogP) is 5.60. The van der Waals surface area contributed by atoms with E-state index in [1.807, 2.05) is 30.1 Å². The van der Waals surface area contributed by atoms with Crippen molar-refractivity contribution in [2.75, 3.05) is 44.7 Å². The number of aromatic hydroxyl groups is 1. The molecule has 42 heavy (non-hydrogen) atoms. The summed E-state index contributed by atoms with van der Waals surface area (Å²) in [5.41, 5.74) is 2.80. The maximum atomic E-state index is 14.9. The van der Waals surface area contributed by atoms with E-state index in [1.54, 1.807) is 36.4 Å². The third-order valence-electron chi connectivity index (χ3n) is 10.2. The Kier molecular flexibility index (Phi) is 7.13. The molecule has 8 rings (SSSR count). The molecule has 0 unspecified atom stereocenters. The van der Waals surface area contributed by atoms with Crippen LogP contribution in [0.25, 0.3) is 11.1 Å². The van der Waals surface area contributed by atoms with Crippen LogP contribution in [0, 0.1) is 29.0 Å². The highest BCUT2D eigenvalue weighted by Crippen LogP contribution is 2.60. The average molecular weight is 570 g/mol. The zero-order valence-corrected chi connectivity index (χ0v) is 24.4. The van der Waals surface area contributed by atoms with Crippen LogP contribution in [0.4, 0.5) is 10.2 Å². The number of hydrogen-bond acceptors (Lipinski definition) is 6. The van der Waals surface area contributed by atoms with Crippen molar-refractivity contribution in [1.29, 1.82) is 0 Å². The molecule has 3 aromatic rings. The minimum absolute atomic E-state index is 0.0306. The van der Waals surface area contributed by atoms with Crippen molar-refractivity contribution in [3.05, 3.63) is 71.7 Å². The summed E-state index contributed by atoms with van der Waals surface area (Å²) in [5.74, 6) is 3.21. The van der Waals surface area contributed by atoms with Crippen molar-refractivity contribution >= 4 is 11.7 Å². The lowest BCUT2D eigenvalue weighted by Gasteiger charge is -2.57. The van der Waals surface area contributed by atoms with Gasteiger partial charge in [0.25, 0.3) is 5.91 Å². The molecule has 5 aliphatic rings. The number of halogens is 1. The smallest absolute Gasteiger partial charge is 0.274 e. The van der Waals surface area contributed by atoms with Gasteiger partial charge in [-0.25, -0.2) is 4.39 Å². The molecule has 4 aliphatic carbocycles. The molecular weight excluding hydrogens is 529 g/mol. The zero-order valence-electron chi connectivity index (χ0n) is 24.4. The van der Waals surface area contributed by atoms with E-state index in [-0.39, 0.29) is 17.5 Å². The van der Waals surface area contributed by atoms with Crippen LogP contribution in [0.3, 0.4) is 0 Å². The van der Waals surface area contributed by atoms with E-state index in [0.717, 1.165) is 61.9 Å². The Bertz CT molecular complexity index is 1420. The Balaban J connectivity index is 0.921. The first kappa shape index (κ1) is 27.3. The fourth-order valence-electron chi connectivity index (χ4n) is 8.82. The molecule has 1 N–H and O–H groups in total. The van der Waals surface area contributed by atoms with Gasteiger partial charge in [-0.15, -0.1) is 10.2 Å². The van der Waals surface area contributed by atoms with Crippen LogP contribution in [0.1, 0.15) is 54.6 Å². The van der Waals surface area contributed by atoms with Gasteiger partial charge in [0.1, 0.15) is 11.6 Å².